The molecule has 2 N–H and O–H groups in total. The maximum atomic E-state index is 12.7. The van der Waals surface area contributed by atoms with Crippen molar-refractivity contribution in [3.63, 3.8) is 0 Å². The Morgan fingerprint density at radius 1 is 1.08 bits per heavy atom. The molecular formula is C16H15BrN4O2S. The van der Waals surface area contributed by atoms with Crippen molar-refractivity contribution in [2.75, 3.05) is 5.73 Å². The van der Waals surface area contributed by atoms with Crippen LogP contribution in [-0.2, 0) is 16.3 Å². The zero-order chi connectivity index (χ0) is 17.3. The fourth-order valence-corrected chi connectivity index (χ4v) is 3.74. The van der Waals surface area contributed by atoms with Gasteiger partial charge >= 0.3 is 0 Å². The predicted octanol–water partition coefficient (Wildman–Crippen LogP) is 3.01. The molecule has 0 fully saturated rings. The second-order valence-corrected chi connectivity index (χ2v) is 7.95. The van der Waals surface area contributed by atoms with E-state index in [-0.39, 0.29) is 15.7 Å². The van der Waals surface area contributed by atoms with Crippen molar-refractivity contribution >= 4 is 31.6 Å². The van der Waals surface area contributed by atoms with Gasteiger partial charge in [0.25, 0.3) is 0 Å². The summed E-state index contributed by atoms with van der Waals surface area (Å²) in [7, 11) is -3.82. The lowest BCUT2D eigenvalue weighted by Gasteiger charge is -2.05. The zero-order valence-electron chi connectivity index (χ0n) is 12.8. The summed E-state index contributed by atoms with van der Waals surface area (Å²) in [5, 5.41) is 7.44. The Morgan fingerprint density at radius 3 is 2.29 bits per heavy atom. The van der Waals surface area contributed by atoms with Gasteiger partial charge in [-0.25, -0.2) is 8.42 Å². The van der Waals surface area contributed by atoms with Gasteiger partial charge in [0, 0.05) is 4.47 Å². The van der Waals surface area contributed by atoms with Crippen molar-refractivity contribution in [1.29, 1.82) is 0 Å². The van der Waals surface area contributed by atoms with Crippen molar-refractivity contribution in [3.05, 3.63) is 58.6 Å². The molecule has 8 heteroatoms. The van der Waals surface area contributed by atoms with Crippen LogP contribution < -0.4 is 5.73 Å². The number of halogens is 1. The first-order valence-electron chi connectivity index (χ1n) is 7.24. The van der Waals surface area contributed by atoms with E-state index in [4.69, 9.17) is 5.73 Å². The van der Waals surface area contributed by atoms with E-state index in [0.29, 0.717) is 5.69 Å². The third-order valence-electron chi connectivity index (χ3n) is 3.64. The Balaban J connectivity index is 2.04. The molecule has 3 aromatic rings. The normalized spacial score (nSPS) is 11.6. The van der Waals surface area contributed by atoms with Crippen molar-refractivity contribution in [1.82, 2.24) is 15.0 Å². The number of aryl methyl sites for hydroxylation is 1. The molecule has 0 saturated heterocycles. The molecular weight excluding hydrogens is 392 g/mol. The Hall–Kier alpha value is -2.19. The van der Waals surface area contributed by atoms with Crippen LogP contribution in [0.4, 0.5) is 5.82 Å². The van der Waals surface area contributed by atoms with Gasteiger partial charge in [-0.15, -0.1) is 5.10 Å². The first-order chi connectivity index (χ1) is 11.4. The average molecular weight is 407 g/mol. The van der Waals surface area contributed by atoms with Crippen molar-refractivity contribution in [3.8, 4) is 5.69 Å². The smallest absolute Gasteiger partial charge is 0.229 e. The molecule has 0 aliphatic carbocycles. The molecule has 0 atom stereocenters. The lowest BCUT2D eigenvalue weighted by molar-refractivity contribution is 0.592. The number of rotatable bonds is 4. The molecule has 0 bridgehead atoms. The molecule has 6 nitrogen and oxygen atoms in total. The van der Waals surface area contributed by atoms with Crippen LogP contribution in [0.25, 0.3) is 5.69 Å². The van der Waals surface area contributed by atoms with Gasteiger partial charge in [0.2, 0.25) is 14.9 Å². The number of nitrogens with zero attached hydrogens (tertiary/aromatic N) is 3. The van der Waals surface area contributed by atoms with Crippen LogP contribution in [0.3, 0.4) is 0 Å². The van der Waals surface area contributed by atoms with E-state index in [1.54, 1.807) is 36.4 Å². The third-order valence-corrected chi connectivity index (χ3v) is 5.86. The van der Waals surface area contributed by atoms with Gasteiger partial charge in [0.05, 0.1) is 10.6 Å². The van der Waals surface area contributed by atoms with Crippen LogP contribution in [0.2, 0.25) is 0 Å². The van der Waals surface area contributed by atoms with Gasteiger partial charge < -0.3 is 5.73 Å². The first-order valence-corrected chi connectivity index (χ1v) is 9.52. The van der Waals surface area contributed by atoms with E-state index in [1.165, 1.54) is 4.68 Å². The number of benzene rings is 2. The van der Waals surface area contributed by atoms with Crippen LogP contribution in [-0.4, -0.2) is 23.4 Å². The molecule has 124 valence electrons. The molecule has 0 aliphatic heterocycles. The Morgan fingerprint density at radius 2 is 1.71 bits per heavy atom. The van der Waals surface area contributed by atoms with Crippen LogP contribution in [0, 0.1) is 0 Å². The fraction of sp³-hybridized carbons (Fsp3) is 0.125. The van der Waals surface area contributed by atoms with E-state index in [0.717, 1.165) is 16.5 Å². The van der Waals surface area contributed by atoms with Gasteiger partial charge in [-0.2, -0.15) is 4.68 Å². The SMILES string of the molecule is CCc1ccc(S(=O)(=O)c2nnn(-c3ccc(Br)cc3)c2N)cc1. The summed E-state index contributed by atoms with van der Waals surface area (Å²) in [5.74, 6) is -0.0168. The van der Waals surface area contributed by atoms with Crippen molar-refractivity contribution in [2.45, 2.75) is 23.3 Å². The molecule has 1 aromatic heterocycles. The minimum Gasteiger partial charge on any atom is -0.381 e. The topological polar surface area (TPSA) is 90.9 Å². The van der Waals surface area contributed by atoms with Crippen LogP contribution in [0.1, 0.15) is 12.5 Å². The Bertz CT molecular complexity index is 964. The average Bonchev–Trinajstić information content (AvgIpc) is 2.98. The number of anilines is 1. The zero-order valence-corrected chi connectivity index (χ0v) is 15.3. The van der Waals surface area contributed by atoms with Crippen LogP contribution >= 0.6 is 15.9 Å². The monoisotopic (exact) mass is 406 g/mol. The molecule has 0 amide bonds. The van der Waals surface area contributed by atoms with E-state index in [2.05, 4.69) is 26.2 Å². The summed E-state index contributed by atoms with van der Waals surface area (Å²) in [6, 6.07) is 13.8. The summed E-state index contributed by atoms with van der Waals surface area (Å²) in [5.41, 5.74) is 7.69. The molecule has 0 radical (unpaired) electrons. The first kappa shape index (κ1) is 16.7. The molecule has 0 unspecified atom stereocenters. The number of nitrogen functional groups attached to an aromatic ring is 1. The minimum absolute atomic E-state index is 0.0168. The summed E-state index contributed by atoms with van der Waals surface area (Å²) in [6.45, 7) is 2.01. The van der Waals surface area contributed by atoms with Gasteiger partial charge in [-0.1, -0.05) is 40.2 Å². The molecule has 3 rings (SSSR count). The van der Waals surface area contributed by atoms with Crippen molar-refractivity contribution in [2.24, 2.45) is 0 Å². The number of nitrogens with two attached hydrogens (primary N) is 1. The lowest BCUT2D eigenvalue weighted by atomic mass is 10.2. The molecule has 1 heterocycles. The Kier molecular flexibility index (Phi) is 4.42. The number of sulfone groups is 1. The molecule has 0 spiro atoms. The van der Waals surface area contributed by atoms with E-state index >= 15 is 0 Å². The minimum atomic E-state index is -3.82. The summed E-state index contributed by atoms with van der Waals surface area (Å²) >= 11 is 3.34. The molecule has 24 heavy (non-hydrogen) atoms. The highest BCUT2D eigenvalue weighted by Gasteiger charge is 2.26. The molecule has 0 saturated carbocycles. The highest BCUT2D eigenvalue weighted by Crippen LogP contribution is 2.26. The maximum absolute atomic E-state index is 12.7. The van der Waals surface area contributed by atoms with Gasteiger partial charge in [0.1, 0.15) is 0 Å². The number of aromatic nitrogens is 3. The number of hydrogen-bond acceptors (Lipinski definition) is 5. The van der Waals surface area contributed by atoms with Crippen molar-refractivity contribution < 1.29 is 8.42 Å². The second kappa shape index (κ2) is 6.37. The summed E-state index contributed by atoms with van der Waals surface area (Å²) < 4.78 is 27.7. The van der Waals surface area contributed by atoms with Gasteiger partial charge in [-0.05, 0) is 48.4 Å². The quantitative estimate of drug-likeness (QED) is 0.718. The molecule has 0 aliphatic rings. The standard InChI is InChI=1S/C16H15BrN4O2S/c1-2-11-3-9-14(10-4-11)24(22,23)16-15(18)21(20-19-16)13-7-5-12(17)6-8-13/h3-10H,2,18H2,1H3. The van der Waals surface area contributed by atoms with Crippen LogP contribution in [0.5, 0.6) is 0 Å². The predicted molar refractivity (Wildman–Crippen MR) is 94.7 cm³/mol. The highest BCUT2D eigenvalue weighted by atomic mass is 79.9. The largest absolute Gasteiger partial charge is 0.381 e. The molecule has 2 aromatic carbocycles. The number of hydrogen-bond donors (Lipinski definition) is 1. The fourth-order valence-electron chi connectivity index (χ4n) is 2.26. The van der Waals surface area contributed by atoms with Crippen LogP contribution in [0.15, 0.2) is 62.9 Å². The van der Waals surface area contributed by atoms with E-state index < -0.39 is 9.84 Å². The van der Waals surface area contributed by atoms with Gasteiger partial charge in [-0.3, -0.25) is 0 Å². The summed E-state index contributed by atoms with van der Waals surface area (Å²) in [4.78, 5) is 0.147. The van der Waals surface area contributed by atoms with Gasteiger partial charge in [0.15, 0.2) is 5.82 Å². The second-order valence-electron chi connectivity index (χ2n) is 5.17. The summed E-state index contributed by atoms with van der Waals surface area (Å²) in [6.07, 6.45) is 0.836. The maximum Gasteiger partial charge on any atom is 0.229 e. The Labute approximate surface area is 148 Å². The van der Waals surface area contributed by atoms with E-state index in [1.807, 2.05) is 19.1 Å². The lowest BCUT2D eigenvalue weighted by Crippen LogP contribution is -2.08. The van der Waals surface area contributed by atoms with E-state index in [9.17, 15) is 8.42 Å². The highest BCUT2D eigenvalue weighted by molar-refractivity contribution is 9.10. The third kappa shape index (κ3) is 2.94.